The van der Waals surface area contributed by atoms with Crippen LogP contribution < -0.4 is 0 Å². The van der Waals surface area contributed by atoms with Gasteiger partial charge in [-0.2, -0.15) is 9.37 Å². The summed E-state index contributed by atoms with van der Waals surface area (Å²) in [5.41, 5.74) is 2.93. The van der Waals surface area contributed by atoms with Crippen molar-refractivity contribution in [1.29, 1.82) is 0 Å². The van der Waals surface area contributed by atoms with Gasteiger partial charge in [-0.25, -0.2) is 19.9 Å². The average molecular weight is 337 g/mol. The van der Waals surface area contributed by atoms with Gasteiger partial charge in [0.15, 0.2) is 11.6 Å². The fourth-order valence-electron chi connectivity index (χ4n) is 2.87. The van der Waals surface area contributed by atoms with Crippen molar-refractivity contribution in [2.75, 3.05) is 0 Å². The second-order valence-corrected chi connectivity index (χ2v) is 5.66. The maximum atomic E-state index is 13.4. The zero-order valence-corrected chi connectivity index (χ0v) is 13.7. The molecule has 4 heterocycles. The van der Waals surface area contributed by atoms with Gasteiger partial charge in [0, 0.05) is 42.6 Å². The number of aromatic nitrogens is 7. The number of hydrogen-bond acceptors (Lipinski definition) is 5. The fraction of sp³-hybridized carbons (Fsp3) is 0.235. The van der Waals surface area contributed by atoms with Gasteiger partial charge < -0.3 is 4.57 Å². The van der Waals surface area contributed by atoms with Gasteiger partial charge in [-0.15, -0.1) is 0 Å². The summed E-state index contributed by atoms with van der Waals surface area (Å²) in [5, 5.41) is 0. The summed E-state index contributed by atoms with van der Waals surface area (Å²) in [6.45, 7) is 2.62. The molecule has 0 spiro atoms. The Morgan fingerprint density at radius 2 is 1.92 bits per heavy atom. The molecule has 4 aromatic heterocycles. The largest absolute Gasteiger partial charge is 0.322 e. The number of fused-ring (bicyclic) bond motifs is 1. The molecule has 0 amide bonds. The molecule has 0 atom stereocenters. The molecule has 7 nitrogen and oxygen atoms in total. The fourth-order valence-corrected chi connectivity index (χ4v) is 2.87. The molecule has 0 radical (unpaired) electrons. The minimum Gasteiger partial charge on any atom is -0.322 e. The maximum absolute atomic E-state index is 13.4. The SMILES string of the molecule is CCCc1c(Cn2ccnc2-c2nccc(F)n2)ncn2ccnc12. The summed E-state index contributed by atoms with van der Waals surface area (Å²) in [6, 6.07) is 1.21. The van der Waals surface area contributed by atoms with E-state index in [0.717, 1.165) is 29.7 Å². The van der Waals surface area contributed by atoms with Gasteiger partial charge in [0.2, 0.25) is 5.95 Å². The minimum absolute atomic E-state index is 0.254. The van der Waals surface area contributed by atoms with E-state index in [1.165, 1.54) is 12.3 Å². The van der Waals surface area contributed by atoms with E-state index in [1.807, 2.05) is 21.4 Å². The molecule has 25 heavy (non-hydrogen) atoms. The third-order valence-electron chi connectivity index (χ3n) is 3.98. The number of imidazole rings is 2. The Balaban J connectivity index is 1.75. The first kappa shape index (κ1) is 15.4. The van der Waals surface area contributed by atoms with Crippen molar-refractivity contribution in [1.82, 2.24) is 33.9 Å². The predicted molar refractivity (Wildman–Crippen MR) is 89.3 cm³/mol. The normalized spacial score (nSPS) is 11.3. The van der Waals surface area contributed by atoms with E-state index in [-0.39, 0.29) is 5.82 Å². The highest BCUT2D eigenvalue weighted by Crippen LogP contribution is 2.19. The molecule has 126 valence electrons. The predicted octanol–water partition coefficient (Wildman–Crippen LogP) is 2.52. The van der Waals surface area contributed by atoms with Crippen molar-refractivity contribution in [2.45, 2.75) is 26.3 Å². The van der Waals surface area contributed by atoms with E-state index in [1.54, 1.807) is 18.7 Å². The van der Waals surface area contributed by atoms with Crippen LogP contribution in [-0.4, -0.2) is 33.9 Å². The van der Waals surface area contributed by atoms with Crippen LogP contribution in [0.25, 0.3) is 17.3 Å². The van der Waals surface area contributed by atoms with Crippen molar-refractivity contribution in [3.05, 3.63) is 60.6 Å². The second kappa shape index (κ2) is 6.39. The van der Waals surface area contributed by atoms with E-state index in [4.69, 9.17) is 0 Å². The molecular weight excluding hydrogens is 321 g/mol. The molecule has 4 aromatic rings. The van der Waals surface area contributed by atoms with Crippen LogP contribution in [0.1, 0.15) is 24.6 Å². The Bertz CT molecular complexity index is 1020. The molecule has 0 unspecified atom stereocenters. The Kier molecular flexibility index (Phi) is 3.93. The third-order valence-corrected chi connectivity index (χ3v) is 3.98. The molecule has 0 saturated heterocycles. The maximum Gasteiger partial charge on any atom is 0.216 e. The van der Waals surface area contributed by atoms with Crippen molar-refractivity contribution in [3.8, 4) is 11.6 Å². The molecule has 0 aliphatic rings. The standard InChI is InChI=1S/C17H16FN7/c1-2-3-12-13(22-11-25-9-7-20-16(12)25)10-24-8-6-21-17(24)15-19-5-4-14(18)23-15/h4-9,11H,2-3,10H2,1H3. The Hall–Kier alpha value is -3.16. The van der Waals surface area contributed by atoms with Crippen LogP contribution in [0.3, 0.4) is 0 Å². The van der Waals surface area contributed by atoms with Gasteiger partial charge >= 0.3 is 0 Å². The lowest BCUT2D eigenvalue weighted by atomic mass is 10.1. The van der Waals surface area contributed by atoms with Crippen LogP contribution in [-0.2, 0) is 13.0 Å². The minimum atomic E-state index is -0.580. The van der Waals surface area contributed by atoms with Gasteiger partial charge in [0.05, 0.1) is 12.2 Å². The van der Waals surface area contributed by atoms with Gasteiger partial charge in [-0.1, -0.05) is 13.3 Å². The summed E-state index contributed by atoms with van der Waals surface area (Å²) < 4.78 is 17.2. The van der Waals surface area contributed by atoms with Crippen molar-refractivity contribution >= 4 is 5.65 Å². The molecule has 0 N–H and O–H groups in total. The highest BCUT2D eigenvalue weighted by molar-refractivity contribution is 5.50. The Morgan fingerprint density at radius 1 is 1.04 bits per heavy atom. The third kappa shape index (κ3) is 2.86. The molecular formula is C17H16FN7. The van der Waals surface area contributed by atoms with Crippen molar-refractivity contribution in [2.24, 2.45) is 0 Å². The van der Waals surface area contributed by atoms with Crippen LogP contribution in [0, 0.1) is 5.95 Å². The monoisotopic (exact) mass is 337 g/mol. The molecule has 0 saturated carbocycles. The van der Waals surface area contributed by atoms with Crippen molar-refractivity contribution < 1.29 is 4.39 Å². The first-order chi connectivity index (χ1) is 12.3. The van der Waals surface area contributed by atoms with E-state index in [2.05, 4.69) is 31.8 Å². The number of aryl methyl sites for hydroxylation is 1. The quantitative estimate of drug-likeness (QED) is 0.523. The smallest absolute Gasteiger partial charge is 0.216 e. The summed E-state index contributed by atoms with van der Waals surface area (Å²) in [4.78, 5) is 21.2. The molecule has 4 rings (SSSR count). The summed E-state index contributed by atoms with van der Waals surface area (Å²) >= 11 is 0. The molecule has 0 aliphatic heterocycles. The van der Waals surface area contributed by atoms with Gasteiger partial charge in [-0.3, -0.25) is 4.40 Å². The Morgan fingerprint density at radius 3 is 2.76 bits per heavy atom. The van der Waals surface area contributed by atoms with E-state index < -0.39 is 5.95 Å². The zero-order valence-electron chi connectivity index (χ0n) is 13.7. The lowest BCUT2D eigenvalue weighted by Crippen LogP contribution is -2.09. The first-order valence-electron chi connectivity index (χ1n) is 8.05. The number of rotatable bonds is 5. The van der Waals surface area contributed by atoms with Gasteiger partial charge in [0.25, 0.3) is 0 Å². The average Bonchev–Trinajstić information content (AvgIpc) is 3.26. The van der Waals surface area contributed by atoms with Crippen LogP contribution in [0.2, 0.25) is 0 Å². The molecule has 0 fully saturated rings. The molecule has 0 aromatic carbocycles. The van der Waals surface area contributed by atoms with E-state index in [0.29, 0.717) is 12.4 Å². The van der Waals surface area contributed by atoms with Gasteiger partial charge in [-0.05, 0) is 6.42 Å². The highest BCUT2D eigenvalue weighted by atomic mass is 19.1. The second-order valence-electron chi connectivity index (χ2n) is 5.66. The van der Waals surface area contributed by atoms with Crippen LogP contribution >= 0.6 is 0 Å². The lowest BCUT2D eigenvalue weighted by Gasteiger charge is -2.11. The van der Waals surface area contributed by atoms with Crippen LogP contribution in [0.5, 0.6) is 0 Å². The first-order valence-corrected chi connectivity index (χ1v) is 8.05. The number of halogens is 1. The number of hydrogen-bond donors (Lipinski definition) is 0. The summed E-state index contributed by atoms with van der Waals surface area (Å²) in [7, 11) is 0. The number of nitrogens with zero attached hydrogens (tertiary/aromatic N) is 7. The Labute approximate surface area is 143 Å². The van der Waals surface area contributed by atoms with Gasteiger partial charge in [0.1, 0.15) is 12.0 Å². The summed E-state index contributed by atoms with van der Waals surface area (Å²) in [6.07, 6.45) is 12.1. The van der Waals surface area contributed by atoms with Crippen LogP contribution in [0.4, 0.5) is 4.39 Å². The van der Waals surface area contributed by atoms with Crippen molar-refractivity contribution in [3.63, 3.8) is 0 Å². The topological polar surface area (TPSA) is 73.8 Å². The molecule has 0 aliphatic carbocycles. The van der Waals surface area contributed by atoms with E-state index in [9.17, 15) is 4.39 Å². The lowest BCUT2D eigenvalue weighted by molar-refractivity contribution is 0.580. The molecule has 0 bridgehead atoms. The highest BCUT2D eigenvalue weighted by Gasteiger charge is 2.15. The molecule has 8 heteroatoms. The van der Waals surface area contributed by atoms with E-state index >= 15 is 0 Å². The summed E-state index contributed by atoms with van der Waals surface area (Å²) in [5.74, 6) is 0.180. The zero-order chi connectivity index (χ0) is 17.2. The van der Waals surface area contributed by atoms with Crippen LogP contribution in [0.15, 0.2) is 43.4 Å².